The highest BCUT2D eigenvalue weighted by atomic mass is 15.2. The maximum absolute atomic E-state index is 5.46. The maximum Gasteiger partial charge on any atom is 0.0243 e. The van der Waals surface area contributed by atoms with E-state index in [1.807, 2.05) is 6.08 Å². The first-order valence-electron chi connectivity index (χ1n) is 6.09. The van der Waals surface area contributed by atoms with Gasteiger partial charge in [-0.15, -0.1) is 0 Å². The van der Waals surface area contributed by atoms with Crippen molar-refractivity contribution in [3.8, 4) is 0 Å². The van der Waals surface area contributed by atoms with Crippen LogP contribution in [0.1, 0.15) is 29.5 Å². The van der Waals surface area contributed by atoms with Crippen molar-refractivity contribution in [1.29, 1.82) is 0 Å². The Kier molecular flexibility index (Phi) is 2.54. The summed E-state index contributed by atoms with van der Waals surface area (Å²) in [5.41, 5.74) is 9.76. The maximum atomic E-state index is 5.46. The number of nitrogens with zero attached hydrogens (tertiary/aromatic N) is 1. The molecule has 0 unspecified atom stereocenters. The molecule has 1 aromatic carbocycles. The molecule has 2 nitrogen and oxygen atoms in total. The van der Waals surface area contributed by atoms with Crippen LogP contribution in [0.2, 0.25) is 0 Å². The molecule has 1 aliphatic heterocycles. The van der Waals surface area contributed by atoms with Crippen LogP contribution < -0.4 is 5.73 Å². The van der Waals surface area contributed by atoms with E-state index in [0.717, 1.165) is 19.1 Å². The van der Waals surface area contributed by atoms with Gasteiger partial charge < -0.3 is 5.73 Å². The summed E-state index contributed by atoms with van der Waals surface area (Å²) in [6, 6.07) is 7.65. The van der Waals surface area contributed by atoms with Gasteiger partial charge in [-0.05, 0) is 29.5 Å². The zero-order valence-electron chi connectivity index (χ0n) is 9.52. The molecule has 84 valence electrons. The molecule has 0 radical (unpaired) electrons. The molecule has 2 aliphatic rings. The minimum atomic E-state index is 0.616. The fourth-order valence-corrected chi connectivity index (χ4v) is 2.45. The lowest BCUT2D eigenvalue weighted by Crippen LogP contribution is -2.18. The van der Waals surface area contributed by atoms with E-state index < -0.39 is 0 Å². The summed E-state index contributed by atoms with van der Waals surface area (Å²) < 4.78 is 0. The smallest absolute Gasteiger partial charge is 0.0243 e. The number of nitrogens with two attached hydrogens (primary N) is 1. The van der Waals surface area contributed by atoms with Gasteiger partial charge in [-0.25, -0.2) is 0 Å². The molecule has 2 heteroatoms. The van der Waals surface area contributed by atoms with Gasteiger partial charge in [0.15, 0.2) is 0 Å². The second-order valence-corrected chi connectivity index (χ2v) is 4.80. The van der Waals surface area contributed by atoms with E-state index in [9.17, 15) is 0 Å². The first-order chi connectivity index (χ1) is 7.86. The molecule has 0 saturated heterocycles. The van der Waals surface area contributed by atoms with Crippen LogP contribution in [-0.2, 0) is 13.1 Å². The second kappa shape index (κ2) is 4.04. The summed E-state index contributed by atoms with van der Waals surface area (Å²) in [6.45, 7) is 2.91. The summed E-state index contributed by atoms with van der Waals surface area (Å²) in [4.78, 5) is 2.60. The van der Waals surface area contributed by atoms with E-state index in [-0.39, 0.29) is 0 Å². The van der Waals surface area contributed by atoms with E-state index in [2.05, 4.69) is 29.2 Å². The van der Waals surface area contributed by atoms with E-state index in [0.29, 0.717) is 6.54 Å². The average molecular weight is 214 g/mol. The highest BCUT2D eigenvalue weighted by Crippen LogP contribution is 2.34. The Morgan fingerprint density at radius 1 is 1.25 bits per heavy atom. The molecule has 3 rings (SSSR count). The molecule has 1 heterocycles. The van der Waals surface area contributed by atoms with Crippen LogP contribution in [0.25, 0.3) is 6.08 Å². The number of hydrogen-bond donors (Lipinski definition) is 1. The van der Waals surface area contributed by atoms with E-state index in [4.69, 9.17) is 5.73 Å². The van der Waals surface area contributed by atoms with Gasteiger partial charge >= 0.3 is 0 Å². The van der Waals surface area contributed by atoms with Crippen LogP contribution in [0.15, 0.2) is 24.3 Å². The van der Waals surface area contributed by atoms with Crippen molar-refractivity contribution < 1.29 is 0 Å². The molecule has 1 aromatic rings. The van der Waals surface area contributed by atoms with Crippen molar-refractivity contribution in [1.82, 2.24) is 4.90 Å². The Morgan fingerprint density at radius 3 is 2.81 bits per heavy atom. The highest BCUT2D eigenvalue weighted by Gasteiger charge is 2.32. The lowest BCUT2D eigenvalue weighted by molar-refractivity contribution is 0.273. The number of rotatable bonds is 3. The SMILES string of the molecule is NC/C=C/c1ccc2c(c1)CN(C1CC1)C2. The molecule has 0 bridgehead atoms. The lowest BCUT2D eigenvalue weighted by atomic mass is 10.1. The van der Waals surface area contributed by atoms with Crippen LogP contribution in [0.3, 0.4) is 0 Å². The zero-order chi connectivity index (χ0) is 11.0. The minimum absolute atomic E-state index is 0.616. The average Bonchev–Trinajstić information content (AvgIpc) is 3.06. The normalized spacial score (nSPS) is 20.6. The summed E-state index contributed by atoms with van der Waals surface area (Å²) in [7, 11) is 0. The van der Waals surface area contributed by atoms with Crippen molar-refractivity contribution in [2.45, 2.75) is 32.0 Å². The largest absolute Gasteiger partial charge is 0.327 e. The van der Waals surface area contributed by atoms with Crippen LogP contribution in [0, 0.1) is 0 Å². The Bertz CT molecular complexity index is 419. The fourth-order valence-electron chi connectivity index (χ4n) is 2.45. The fraction of sp³-hybridized carbons (Fsp3) is 0.429. The Labute approximate surface area is 96.7 Å². The molecule has 0 amide bonds. The van der Waals surface area contributed by atoms with E-state index in [1.54, 1.807) is 0 Å². The molecule has 16 heavy (non-hydrogen) atoms. The second-order valence-electron chi connectivity index (χ2n) is 4.80. The van der Waals surface area contributed by atoms with Crippen LogP contribution >= 0.6 is 0 Å². The molecule has 1 fully saturated rings. The van der Waals surface area contributed by atoms with Gasteiger partial charge in [-0.2, -0.15) is 0 Å². The third-order valence-corrected chi connectivity index (χ3v) is 3.49. The summed E-state index contributed by atoms with van der Waals surface area (Å²) in [5.74, 6) is 0. The standard InChI is InChI=1S/C14H18N2/c15-7-1-2-11-3-4-12-9-16(14-5-6-14)10-13(12)8-11/h1-4,8,14H,5-7,9-10,15H2/b2-1+. The van der Waals surface area contributed by atoms with Crippen LogP contribution in [0.5, 0.6) is 0 Å². The van der Waals surface area contributed by atoms with Gasteiger partial charge in [0, 0.05) is 25.7 Å². The quantitative estimate of drug-likeness (QED) is 0.835. The molecule has 1 aliphatic carbocycles. The Hall–Kier alpha value is -1.12. The zero-order valence-corrected chi connectivity index (χ0v) is 9.52. The number of hydrogen-bond acceptors (Lipinski definition) is 2. The first kappa shape index (κ1) is 10.1. The number of benzene rings is 1. The molecular weight excluding hydrogens is 196 g/mol. The topological polar surface area (TPSA) is 29.3 Å². The molecule has 1 saturated carbocycles. The molecule has 2 N–H and O–H groups in total. The summed E-state index contributed by atoms with van der Waals surface area (Å²) in [6.07, 6.45) is 6.91. The minimum Gasteiger partial charge on any atom is -0.327 e. The van der Waals surface area contributed by atoms with Gasteiger partial charge in [-0.1, -0.05) is 30.4 Å². The van der Waals surface area contributed by atoms with Gasteiger partial charge in [-0.3, -0.25) is 4.90 Å². The Morgan fingerprint density at radius 2 is 2.06 bits per heavy atom. The van der Waals surface area contributed by atoms with Crippen molar-refractivity contribution >= 4 is 6.08 Å². The third-order valence-electron chi connectivity index (χ3n) is 3.49. The first-order valence-corrected chi connectivity index (χ1v) is 6.09. The predicted molar refractivity (Wildman–Crippen MR) is 66.8 cm³/mol. The highest BCUT2D eigenvalue weighted by molar-refractivity contribution is 5.52. The Balaban J connectivity index is 1.79. The monoisotopic (exact) mass is 214 g/mol. The van der Waals surface area contributed by atoms with Crippen molar-refractivity contribution in [2.75, 3.05) is 6.54 Å². The molecule has 0 spiro atoms. The van der Waals surface area contributed by atoms with Gasteiger partial charge in [0.1, 0.15) is 0 Å². The molecule has 0 atom stereocenters. The molecule has 0 aromatic heterocycles. The van der Waals surface area contributed by atoms with E-state index in [1.165, 1.54) is 29.5 Å². The van der Waals surface area contributed by atoms with Crippen molar-refractivity contribution in [3.05, 3.63) is 41.0 Å². The van der Waals surface area contributed by atoms with Gasteiger partial charge in [0.05, 0.1) is 0 Å². The van der Waals surface area contributed by atoms with Crippen LogP contribution in [0.4, 0.5) is 0 Å². The van der Waals surface area contributed by atoms with Crippen molar-refractivity contribution in [2.24, 2.45) is 5.73 Å². The molecular formula is C14H18N2. The summed E-state index contributed by atoms with van der Waals surface area (Å²) in [5, 5.41) is 0. The third kappa shape index (κ3) is 1.91. The van der Waals surface area contributed by atoms with Gasteiger partial charge in [0.2, 0.25) is 0 Å². The summed E-state index contributed by atoms with van der Waals surface area (Å²) >= 11 is 0. The van der Waals surface area contributed by atoms with Crippen LogP contribution in [-0.4, -0.2) is 17.5 Å². The lowest BCUT2D eigenvalue weighted by Gasteiger charge is -2.11. The predicted octanol–water partition coefficient (Wildman–Crippen LogP) is 2.14. The number of fused-ring (bicyclic) bond motifs is 1. The van der Waals surface area contributed by atoms with Crippen molar-refractivity contribution in [3.63, 3.8) is 0 Å². The van der Waals surface area contributed by atoms with E-state index >= 15 is 0 Å². The van der Waals surface area contributed by atoms with Gasteiger partial charge in [0.25, 0.3) is 0 Å².